The molecule has 1 aliphatic heterocycles. The monoisotopic (exact) mass is 219 g/mol. The van der Waals surface area contributed by atoms with Crippen molar-refractivity contribution in [3.05, 3.63) is 35.1 Å². The SMILES string of the molecule is CC1NC(=O)CC12CCc1cc(F)ccc12. The minimum Gasteiger partial charge on any atom is -0.353 e. The van der Waals surface area contributed by atoms with Gasteiger partial charge >= 0.3 is 0 Å². The number of benzene rings is 1. The van der Waals surface area contributed by atoms with Crippen LogP contribution in [0, 0.1) is 5.82 Å². The number of amides is 1. The summed E-state index contributed by atoms with van der Waals surface area (Å²) in [4.78, 5) is 11.5. The van der Waals surface area contributed by atoms with Gasteiger partial charge in [0.05, 0.1) is 0 Å². The lowest BCUT2D eigenvalue weighted by atomic mass is 9.76. The second kappa shape index (κ2) is 3.06. The van der Waals surface area contributed by atoms with Gasteiger partial charge in [-0.25, -0.2) is 4.39 Å². The van der Waals surface area contributed by atoms with Gasteiger partial charge in [0, 0.05) is 17.9 Å². The lowest BCUT2D eigenvalue weighted by Gasteiger charge is -2.28. The fraction of sp³-hybridized carbons (Fsp3) is 0.462. The smallest absolute Gasteiger partial charge is 0.221 e. The standard InChI is InChI=1S/C13H14FNO/c1-8-13(7-12(16)15-8)5-4-9-6-10(14)2-3-11(9)13/h2-3,6,8H,4-5,7H2,1H3,(H,15,16). The largest absolute Gasteiger partial charge is 0.353 e. The molecule has 0 aromatic heterocycles. The highest BCUT2D eigenvalue weighted by atomic mass is 19.1. The Kier molecular flexibility index (Phi) is 1.88. The van der Waals surface area contributed by atoms with Gasteiger partial charge in [0.1, 0.15) is 5.82 Å². The molecule has 0 saturated carbocycles. The van der Waals surface area contributed by atoms with Crippen LogP contribution in [0.3, 0.4) is 0 Å². The molecule has 2 aliphatic rings. The van der Waals surface area contributed by atoms with Crippen molar-refractivity contribution in [2.45, 2.75) is 37.6 Å². The molecule has 84 valence electrons. The number of halogens is 1. The van der Waals surface area contributed by atoms with Gasteiger partial charge in [-0.1, -0.05) is 6.07 Å². The molecular weight excluding hydrogens is 205 g/mol. The third-order valence-electron chi connectivity index (χ3n) is 4.13. The van der Waals surface area contributed by atoms with E-state index < -0.39 is 0 Å². The van der Waals surface area contributed by atoms with Crippen LogP contribution < -0.4 is 5.32 Å². The molecule has 1 heterocycles. The molecule has 2 atom stereocenters. The van der Waals surface area contributed by atoms with Gasteiger partial charge in [0.25, 0.3) is 0 Å². The predicted molar refractivity (Wildman–Crippen MR) is 58.6 cm³/mol. The third-order valence-corrected chi connectivity index (χ3v) is 4.13. The Bertz CT molecular complexity index is 471. The summed E-state index contributed by atoms with van der Waals surface area (Å²) in [5.41, 5.74) is 2.16. The van der Waals surface area contributed by atoms with Crippen molar-refractivity contribution in [1.82, 2.24) is 5.32 Å². The van der Waals surface area contributed by atoms with Gasteiger partial charge < -0.3 is 5.32 Å². The summed E-state index contributed by atoms with van der Waals surface area (Å²) in [6.07, 6.45) is 2.38. The van der Waals surface area contributed by atoms with E-state index in [-0.39, 0.29) is 23.2 Å². The summed E-state index contributed by atoms with van der Waals surface area (Å²) in [7, 11) is 0. The number of carbonyl (C=O) groups is 1. The van der Waals surface area contributed by atoms with Crippen molar-refractivity contribution in [3.8, 4) is 0 Å². The minimum atomic E-state index is -0.180. The number of fused-ring (bicyclic) bond motifs is 2. The van der Waals surface area contributed by atoms with E-state index in [0.717, 1.165) is 18.4 Å². The molecule has 0 radical (unpaired) electrons. The van der Waals surface area contributed by atoms with Crippen LogP contribution >= 0.6 is 0 Å². The van der Waals surface area contributed by atoms with Crippen molar-refractivity contribution in [1.29, 1.82) is 0 Å². The zero-order chi connectivity index (χ0) is 11.3. The van der Waals surface area contributed by atoms with Gasteiger partial charge in [-0.05, 0) is 43.0 Å². The summed E-state index contributed by atoms with van der Waals surface area (Å²) < 4.78 is 13.1. The highest BCUT2D eigenvalue weighted by Gasteiger charge is 2.49. The maximum absolute atomic E-state index is 13.1. The second-order valence-electron chi connectivity index (χ2n) is 4.92. The zero-order valence-corrected chi connectivity index (χ0v) is 9.22. The van der Waals surface area contributed by atoms with Crippen molar-refractivity contribution >= 4 is 5.91 Å². The van der Waals surface area contributed by atoms with Crippen LogP contribution in [0.4, 0.5) is 4.39 Å². The maximum atomic E-state index is 13.1. The average molecular weight is 219 g/mol. The van der Waals surface area contributed by atoms with Crippen molar-refractivity contribution < 1.29 is 9.18 Å². The van der Waals surface area contributed by atoms with E-state index in [9.17, 15) is 9.18 Å². The lowest BCUT2D eigenvalue weighted by molar-refractivity contribution is -0.119. The summed E-state index contributed by atoms with van der Waals surface area (Å²) >= 11 is 0. The fourth-order valence-corrected chi connectivity index (χ4v) is 3.25. The Morgan fingerprint density at radius 2 is 2.31 bits per heavy atom. The van der Waals surface area contributed by atoms with Gasteiger partial charge in [0.15, 0.2) is 0 Å². The summed E-state index contributed by atoms with van der Waals surface area (Å²) in [6.45, 7) is 2.04. The van der Waals surface area contributed by atoms with Crippen LogP contribution in [0.2, 0.25) is 0 Å². The number of rotatable bonds is 0. The van der Waals surface area contributed by atoms with E-state index in [1.54, 1.807) is 6.07 Å². The Morgan fingerprint density at radius 3 is 3.00 bits per heavy atom. The number of carbonyl (C=O) groups excluding carboxylic acids is 1. The summed E-state index contributed by atoms with van der Waals surface area (Å²) in [6, 6.07) is 5.13. The number of aryl methyl sites for hydroxylation is 1. The van der Waals surface area contributed by atoms with E-state index in [1.807, 2.05) is 13.0 Å². The average Bonchev–Trinajstić information content (AvgIpc) is 2.70. The maximum Gasteiger partial charge on any atom is 0.221 e. The van der Waals surface area contributed by atoms with Gasteiger partial charge in [-0.2, -0.15) is 0 Å². The molecule has 3 heteroatoms. The van der Waals surface area contributed by atoms with Crippen molar-refractivity contribution in [3.63, 3.8) is 0 Å². The molecule has 1 saturated heterocycles. The first kappa shape index (κ1) is 9.82. The van der Waals surface area contributed by atoms with E-state index in [2.05, 4.69) is 5.32 Å². The first-order valence-corrected chi connectivity index (χ1v) is 5.70. The predicted octanol–water partition coefficient (Wildman–Crippen LogP) is 1.92. The Labute approximate surface area is 93.9 Å². The number of hydrogen-bond donors (Lipinski definition) is 1. The highest BCUT2D eigenvalue weighted by Crippen LogP contribution is 2.46. The van der Waals surface area contributed by atoms with Crippen LogP contribution in [0.1, 0.15) is 30.9 Å². The van der Waals surface area contributed by atoms with Crippen LogP contribution in [-0.4, -0.2) is 11.9 Å². The molecule has 1 aromatic rings. The first-order valence-electron chi connectivity index (χ1n) is 5.70. The molecule has 1 aliphatic carbocycles. The molecule has 3 rings (SSSR count). The van der Waals surface area contributed by atoms with Crippen LogP contribution in [0.5, 0.6) is 0 Å². The van der Waals surface area contributed by atoms with Gasteiger partial charge in [0.2, 0.25) is 5.91 Å². The number of nitrogens with one attached hydrogen (secondary N) is 1. The van der Waals surface area contributed by atoms with E-state index in [0.29, 0.717) is 6.42 Å². The lowest BCUT2D eigenvalue weighted by Crippen LogP contribution is -2.36. The van der Waals surface area contributed by atoms with E-state index in [4.69, 9.17) is 0 Å². The van der Waals surface area contributed by atoms with E-state index >= 15 is 0 Å². The summed E-state index contributed by atoms with van der Waals surface area (Å²) in [5, 5.41) is 2.97. The Hall–Kier alpha value is -1.38. The summed E-state index contributed by atoms with van der Waals surface area (Å²) in [5.74, 6) is -0.0644. The number of hydrogen-bond acceptors (Lipinski definition) is 1. The van der Waals surface area contributed by atoms with Crippen LogP contribution in [0.25, 0.3) is 0 Å². The molecule has 1 amide bonds. The Balaban J connectivity index is 2.12. The van der Waals surface area contributed by atoms with Crippen molar-refractivity contribution in [2.24, 2.45) is 0 Å². The van der Waals surface area contributed by atoms with Gasteiger partial charge in [-0.3, -0.25) is 4.79 Å². The van der Waals surface area contributed by atoms with Crippen LogP contribution in [0.15, 0.2) is 18.2 Å². The molecule has 1 spiro atoms. The molecule has 1 aromatic carbocycles. The molecule has 0 bridgehead atoms. The normalized spacial score (nSPS) is 31.9. The minimum absolute atomic E-state index is 0.0832. The second-order valence-corrected chi connectivity index (χ2v) is 4.92. The quantitative estimate of drug-likeness (QED) is 0.709. The first-order chi connectivity index (χ1) is 7.62. The molecular formula is C13H14FNO. The van der Waals surface area contributed by atoms with Crippen LogP contribution in [-0.2, 0) is 16.6 Å². The molecule has 16 heavy (non-hydrogen) atoms. The molecule has 2 nitrogen and oxygen atoms in total. The molecule has 1 N–H and O–H groups in total. The molecule has 1 fully saturated rings. The topological polar surface area (TPSA) is 29.1 Å². The zero-order valence-electron chi connectivity index (χ0n) is 9.22. The van der Waals surface area contributed by atoms with E-state index in [1.165, 1.54) is 11.6 Å². The van der Waals surface area contributed by atoms with Crippen molar-refractivity contribution in [2.75, 3.05) is 0 Å². The highest BCUT2D eigenvalue weighted by molar-refractivity contribution is 5.82. The Morgan fingerprint density at radius 1 is 1.50 bits per heavy atom. The molecule has 2 unspecified atom stereocenters. The third kappa shape index (κ3) is 1.14. The fourth-order valence-electron chi connectivity index (χ4n) is 3.25. The van der Waals surface area contributed by atoms with Gasteiger partial charge in [-0.15, -0.1) is 0 Å².